The first-order chi connectivity index (χ1) is 11.2. The third-order valence-electron chi connectivity index (χ3n) is 4.24. The number of hydrogen-bond donors (Lipinski definition) is 2. The van der Waals surface area contributed by atoms with Gasteiger partial charge < -0.3 is 24.6 Å². The van der Waals surface area contributed by atoms with Gasteiger partial charge in [0.1, 0.15) is 11.5 Å². The van der Waals surface area contributed by atoms with E-state index in [0.717, 1.165) is 29.7 Å². The van der Waals surface area contributed by atoms with Crippen molar-refractivity contribution in [2.45, 2.75) is 13.0 Å². The van der Waals surface area contributed by atoms with E-state index in [2.05, 4.69) is 5.32 Å². The van der Waals surface area contributed by atoms with Crippen molar-refractivity contribution >= 4 is 0 Å². The van der Waals surface area contributed by atoms with Gasteiger partial charge in [-0.1, -0.05) is 0 Å². The highest BCUT2D eigenvalue weighted by molar-refractivity contribution is 5.82. The number of phenolic OH excluding ortho intramolecular Hbond substituents is 1. The molecule has 0 radical (unpaired) electrons. The van der Waals surface area contributed by atoms with Crippen LogP contribution in [0.3, 0.4) is 0 Å². The highest BCUT2D eigenvalue weighted by Crippen LogP contribution is 2.46. The second kappa shape index (κ2) is 6.38. The Bertz CT molecular complexity index is 727. The largest absolute Gasteiger partial charge is 0.504 e. The maximum Gasteiger partial charge on any atom is 0.166 e. The number of phenols is 1. The summed E-state index contributed by atoms with van der Waals surface area (Å²) in [5.41, 5.74) is 3.85. The fourth-order valence-electron chi connectivity index (χ4n) is 3.05. The fourth-order valence-corrected chi connectivity index (χ4v) is 3.05. The Kier molecular flexibility index (Phi) is 4.30. The number of methoxy groups -OCH3 is 3. The van der Waals surface area contributed by atoms with Gasteiger partial charge in [-0.25, -0.2) is 0 Å². The predicted octanol–water partition coefficient (Wildman–Crippen LogP) is 2.73. The molecule has 2 N–H and O–H groups in total. The molecule has 0 fully saturated rings. The fraction of sp³-hybridized carbons (Fsp3) is 0.333. The first-order valence-corrected chi connectivity index (χ1v) is 7.54. The van der Waals surface area contributed by atoms with Crippen molar-refractivity contribution < 1.29 is 19.3 Å². The van der Waals surface area contributed by atoms with Crippen molar-refractivity contribution in [2.24, 2.45) is 0 Å². The Labute approximate surface area is 135 Å². The lowest BCUT2D eigenvalue weighted by molar-refractivity contribution is 0.372. The molecule has 2 aromatic carbocycles. The molecule has 0 aliphatic carbocycles. The third-order valence-corrected chi connectivity index (χ3v) is 4.24. The molecular weight excluding hydrogens is 294 g/mol. The summed E-state index contributed by atoms with van der Waals surface area (Å²) in [6.45, 7) is 1.62. The average Bonchev–Trinajstić information content (AvgIpc) is 2.61. The van der Waals surface area contributed by atoms with Gasteiger partial charge in [-0.2, -0.15) is 0 Å². The molecule has 0 bridgehead atoms. The molecule has 0 unspecified atom stereocenters. The summed E-state index contributed by atoms with van der Waals surface area (Å²) in [4.78, 5) is 0. The molecule has 5 heteroatoms. The van der Waals surface area contributed by atoms with E-state index in [1.165, 1.54) is 5.56 Å². The van der Waals surface area contributed by atoms with E-state index in [-0.39, 0.29) is 5.75 Å². The lowest BCUT2D eigenvalue weighted by Gasteiger charge is -2.24. The molecule has 1 heterocycles. The van der Waals surface area contributed by atoms with Crippen molar-refractivity contribution in [3.05, 3.63) is 35.4 Å². The minimum Gasteiger partial charge on any atom is -0.504 e. The van der Waals surface area contributed by atoms with E-state index >= 15 is 0 Å². The second-order valence-electron chi connectivity index (χ2n) is 5.43. The van der Waals surface area contributed by atoms with Crippen LogP contribution in [0.25, 0.3) is 11.1 Å². The molecule has 23 heavy (non-hydrogen) atoms. The Morgan fingerprint density at radius 1 is 1.00 bits per heavy atom. The molecule has 0 saturated carbocycles. The summed E-state index contributed by atoms with van der Waals surface area (Å²) >= 11 is 0. The van der Waals surface area contributed by atoms with Crippen LogP contribution in [0.4, 0.5) is 0 Å². The number of benzene rings is 2. The summed E-state index contributed by atoms with van der Waals surface area (Å²) in [5.74, 6) is 1.98. The maximum absolute atomic E-state index is 10.7. The van der Waals surface area contributed by atoms with Crippen molar-refractivity contribution in [2.75, 3.05) is 27.9 Å². The molecule has 1 aliphatic rings. The highest BCUT2D eigenvalue weighted by Gasteiger charge is 2.23. The van der Waals surface area contributed by atoms with Crippen LogP contribution in [0.15, 0.2) is 24.3 Å². The SMILES string of the molecule is COc1ccc(-c2c(O)c(OC)cc3c2CNCC3)c(OC)c1. The van der Waals surface area contributed by atoms with E-state index in [1.807, 2.05) is 24.3 Å². The molecule has 122 valence electrons. The molecule has 0 aromatic heterocycles. The van der Waals surface area contributed by atoms with Crippen molar-refractivity contribution in [1.29, 1.82) is 0 Å². The molecule has 3 rings (SSSR count). The summed E-state index contributed by atoms with van der Waals surface area (Å²) in [5, 5.41) is 14.1. The molecule has 5 nitrogen and oxygen atoms in total. The van der Waals surface area contributed by atoms with Gasteiger partial charge in [0.2, 0.25) is 0 Å². The van der Waals surface area contributed by atoms with Gasteiger partial charge in [0.05, 0.1) is 21.3 Å². The van der Waals surface area contributed by atoms with E-state index in [9.17, 15) is 5.11 Å². The van der Waals surface area contributed by atoms with Gasteiger partial charge in [0, 0.05) is 23.7 Å². The van der Waals surface area contributed by atoms with Crippen LogP contribution in [0.1, 0.15) is 11.1 Å². The van der Waals surface area contributed by atoms with Crippen LogP contribution < -0.4 is 19.5 Å². The van der Waals surface area contributed by atoms with Crippen molar-refractivity contribution in [3.8, 4) is 34.1 Å². The maximum atomic E-state index is 10.7. The Morgan fingerprint density at radius 2 is 1.78 bits per heavy atom. The zero-order chi connectivity index (χ0) is 16.4. The van der Waals surface area contributed by atoms with Crippen LogP contribution in [0.5, 0.6) is 23.0 Å². The molecule has 0 saturated heterocycles. The normalized spacial score (nSPS) is 13.3. The van der Waals surface area contributed by atoms with Crippen LogP contribution >= 0.6 is 0 Å². The number of rotatable bonds is 4. The topological polar surface area (TPSA) is 60.0 Å². The smallest absolute Gasteiger partial charge is 0.166 e. The van der Waals surface area contributed by atoms with Gasteiger partial charge >= 0.3 is 0 Å². The standard InChI is InChI=1S/C18H21NO4/c1-21-12-4-5-13(15(9-12)22-2)17-14-10-19-7-6-11(14)8-16(23-3)18(17)20/h4-5,8-9,19-20H,6-7,10H2,1-3H3. The zero-order valence-electron chi connectivity index (χ0n) is 13.6. The molecule has 0 amide bonds. The Balaban J connectivity index is 2.26. The highest BCUT2D eigenvalue weighted by atomic mass is 16.5. The van der Waals surface area contributed by atoms with Crippen LogP contribution in [0.2, 0.25) is 0 Å². The summed E-state index contributed by atoms with van der Waals surface area (Å²) in [6.07, 6.45) is 0.900. The van der Waals surface area contributed by atoms with E-state index in [1.54, 1.807) is 21.3 Å². The van der Waals surface area contributed by atoms with Gasteiger partial charge in [-0.05, 0) is 42.3 Å². The number of ether oxygens (including phenoxy) is 3. The number of aromatic hydroxyl groups is 1. The van der Waals surface area contributed by atoms with Gasteiger partial charge in [-0.15, -0.1) is 0 Å². The third kappa shape index (κ3) is 2.68. The zero-order valence-corrected chi connectivity index (χ0v) is 13.6. The summed E-state index contributed by atoms with van der Waals surface area (Å²) in [6, 6.07) is 7.50. The van der Waals surface area contributed by atoms with Crippen molar-refractivity contribution in [3.63, 3.8) is 0 Å². The molecular formula is C18H21NO4. The Hall–Kier alpha value is -2.40. The van der Waals surface area contributed by atoms with Gasteiger partial charge in [0.25, 0.3) is 0 Å². The first-order valence-electron chi connectivity index (χ1n) is 7.54. The summed E-state index contributed by atoms with van der Waals surface area (Å²) < 4.78 is 16.1. The second-order valence-corrected chi connectivity index (χ2v) is 5.43. The minimum atomic E-state index is 0.137. The van der Waals surface area contributed by atoms with E-state index in [4.69, 9.17) is 14.2 Å². The number of nitrogens with one attached hydrogen (secondary N) is 1. The number of hydrogen-bond acceptors (Lipinski definition) is 5. The van der Waals surface area contributed by atoms with Crippen molar-refractivity contribution in [1.82, 2.24) is 5.32 Å². The molecule has 0 atom stereocenters. The summed E-state index contributed by atoms with van der Waals surface area (Å²) in [7, 11) is 4.79. The molecule has 1 aliphatic heterocycles. The average molecular weight is 315 g/mol. The van der Waals surface area contributed by atoms with E-state index < -0.39 is 0 Å². The van der Waals surface area contributed by atoms with Crippen LogP contribution in [-0.2, 0) is 13.0 Å². The predicted molar refractivity (Wildman–Crippen MR) is 88.6 cm³/mol. The monoisotopic (exact) mass is 315 g/mol. The quantitative estimate of drug-likeness (QED) is 0.908. The van der Waals surface area contributed by atoms with Gasteiger partial charge in [0.15, 0.2) is 11.5 Å². The minimum absolute atomic E-state index is 0.137. The molecule has 0 spiro atoms. The Morgan fingerprint density at radius 3 is 2.48 bits per heavy atom. The first kappa shape index (κ1) is 15.5. The number of fused-ring (bicyclic) bond motifs is 1. The van der Waals surface area contributed by atoms with E-state index in [0.29, 0.717) is 23.8 Å². The lowest BCUT2D eigenvalue weighted by atomic mass is 9.90. The van der Waals surface area contributed by atoms with Crippen LogP contribution in [-0.4, -0.2) is 33.0 Å². The molecule has 2 aromatic rings. The lowest BCUT2D eigenvalue weighted by Crippen LogP contribution is -2.24. The van der Waals surface area contributed by atoms with Crippen LogP contribution in [0, 0.1) is 0 Å². The van der Waals surface area contributed by atoms with Gasteiger partial charge in [-0.3, -0.25) is 0 Å².